The number of nitrogens with one attached hydrogen (secondary N) is 1. The molecule has 3 N–H and O–H groups in total. The van der Waals surface area contributed by atoms with E-state index in [1.807, 2.05) is 0 Å². The minimum atomic E-state index is 0.569. The minimum absolute atomic E-state index is 0.569. The third kappa shape index (κ3) is 1.98. The fourth-order valence-electron chi connectivity index (χ4n) is 0. The summed E-state index contributed by atoms with van der Waals surface area (Å²) in [6.07, 6.45) is 0. The molecule has 0 spiro atoms. The average Bonchev–Trinajstić information content (AvgIpc) is 1.37. The van der Waals surface area contributed by atoms with Gasteiger partial charge in [-0.3, -0.25) is 0 Å². The van der Waals surface area contributed by atoms with Gasteiger partial charge in [-0.15, -0.1) is 0 Å². The maximum Gasteiger partial charge on any atom is 0.183 e. The molecule has 0 aliphatic carbocycles. The van der Waals surface area contributed by atoms with Crippen LogP contribution in [0.1, 0.15) is 0 Å². The summed E-state index contributed by atoms with van der Waals surface area (Å²) in [5.41, 5.74) is 4.92. The SMILES string of the molecule is BNCN. The molecule has 4 heavy (non-hydrogen) atoms. The molecule has 0 fully saturated rings. The van der Waals surface area contributed by atoms with Crippen molar-refractivity contribution in [2.45, 2.75) is 0 Å². The van der Waals surface area contributed by atoms with Gasteiger partial charge < -0.3 is 11.0 Å². The smallest absolute Gasteiger partial charge is 0.183 e. The number of hydrogen-bond acceptors (Lipinski definition) is 2. The summed E-state index contributed by atoms with van der Waals surface area (Å²) in [6, 6.07) is 0. The normalized spacial score (nSPS) is 7.25. The third-order valence-corrected chi connectivity index (χ3v) is 0.204. The lowest BCUT2D eigenvalue weighted by Gasteiger charge is -1.77. The standard InChI is InChI=1S/CH7BN2/c2-4-1-3/h4H,1-3H2. The summed E-state index contributed by atoms with van der Waals surface area (Å²) in [5, 5.41) is 2.71. The summed E-state index contributed by atoms with van der Waals surface area (Å²) in [6.45, 7) is 0.569. The van der Waals surface area contributed by atoms with Crippen LogP contribution in [-0.2, 0) is 0 Å². The Kier molecular flexibility index (Phi) is 2.97. The Morgan fingerprint density at radius 3 is 2.25 bits per heavy atom. The van der Waals surface area contributed by atoms with Crippen molar-refractivity contribution in [3.05, 3.63) is 0 Å². The van der Waals surface area contributed by atoms with E-state index in [0.29, 0.717) is 6.67 Å². The van der Waals surface area contributed by atoms with Gasteiger partial charge >= 0.3 is 0 Å². The first kappa shape index (κ1) is 3.98. The molecular weight excluding hydrogens is 50.8 g/mol. The zero-order valence-corrected chi connectivity index (χ0v) is 2.78. The molecule has 0 radical (unpaired) electrons. The molecule has 0 rings (SSSR count). The van der Waals surface area contributed by atoms with Gasteiger partial charge in [0.25, 0.3) is 0 Å². The Morgan fingerprint density at radius 1 is 2.00 bits per heavy atom. The van der Waals surface area contributed by atoms with Crippen LogP contribution in [-0.4, -0.2) is 14.6 Å². The molecule has 0 bridgehead atoms. The van der Waals surface area contributed by atoms with Gasteiger partial charge in [-0.1, -0.05) is 0 Å². The minimum Gasteiger partial charge on any atom is -0.351 e. The molecule has 24 valence electrons. The largest absolute Gasteiger partial charge is 0.351 e. The van der Waals surface area contributed by atoms with Gasteiger partial charge in [0.15, 0.2) is 7.98 Å². The van der Waals surface area contributed by atoms with Crippen LogP contribution in [0, 0.1) is 0 Å². The van der Waals surface area contributed by atoms with Crippen LogP contribution in [0.4, 0.5) is 0 Å². The van der Waals surface area contributed by atoms with E-state index in [1.165, 1.54) is 0 Å². The summed E-state index contributed by atoms with van der Waals surface area (Å²) in [4.78, 5) is 0. The molecule has 0 aliphatic heterocycles. The van der Waals surface area contributed by atoms with E-state index < -0.39 is 0 Å². The van der Waals surface area contributed by atoms with Crippen molar-refractivity contribution in [1.82, 2.24) is 5.23 Å². The van der Waals surface area contributed by atoms with Crippen molar-refractivity contribution in [1.29, 1.82) is 0 Å². The molecule has 0 aromatic rings. The summed E-state index contributed by atoms with van der Waals surface area (Å²) < 4.78 is 0. The van der Waals surface area contributed by atoms with E-state index in [9.17, 15) is 0 Å². The van der Waals surface area contributed by atoms with Crippen molar-refractivity contribution < 1.29 is 0 Å². The lowest BCUT2D eigenvalue weighted by molar-refractivity contribution is 0.972. The van der Waals surface area contributed by atoms with Crippen LogP contribution >= 0.6 is 0 Å². The summed E-state index contributed by atoms with van der Waals surface area (Å²) in [5.74, 6) is 0. The topological polar surface area (TPSA) is 38.0 Å². The highest BCUT2D eigenvalue weighted by Gasteiger charge is 1.50. The van der Waals surface area contributed by atoms with E-state index in [0.717, 1.165) is 0 Å². The fourth-order valence-corrected chi connectivity index (χ4v) is 0. The molecule has 0 aliphatic rings. The molecule has 0 heterocycles. The van der Waals surface area contributed by atoms with Crippen LogP contribution in [0.5, 0.6) is 0 Å². The molecular formula is CH7BN2. The lowest BCUT2D eigenvalue weighted by Crippen LogP contribution is -2.17. The van der Waals surface area contributed by atoms with Gasteiger partial charge in [0, 0.05) is 6.67 Å². The molecule has 0 atom stereocenters. The van der Waals surface area contributed by atoms with Gasteiger partial charge in [0.1, 0.15) is 0 Å². The molecule has 0 aromatic heterocycles. The molecule has 0 saturated carbocycles. The van der Waals surface area contributed by atoms with E-state index in [2.05, 4.69) is 5.23 Å². The van der Waals surface area contributed by atoms with Crippen molar-refractivity contribution in [2.75, 3.05) is 6.67 Å². The highest BCUT2D eigenvalue weighted by atomic mass is 14.9. The lowest BCUT2D eigenvalue weighted by atomic mass is 10.5. The monoisotopic (exact) mass is 58.1 g/mol. The van der Waals surface area contributed by atoms with E-state index in [4.69, 9.17) is 5.73 Å². The van der Waals surface area contributed by atoms with Crippen molar-refractivity contribution in [3.63, 3.8) is 0 Å². The quantitative estimate of drug-likeness (QED) is 0.271. The van der Waals surface area contributed by atoms with Gasteiger partial charge in [-0.05, 0) is 0 Å². The second-order valence-corrected chi connectivity index (χ2v) is 0.558. The van der Waals surface area contributed by atoms with Crippen LogP contribution < -0.4 is 11.0 Å². The van der Waals surface area contributed by atoms with Crippen molar-refractivity contribution in [3.8, 4) is 0 Å². The predicted molar refractivity (Wildman–Crippen MR) is 20.7 cm³/mol. The first-order chi connectivity index (χ1) is 1.91. The molecule has 2 nitrogen and oxygen atoms in total. The van der Waals surface area contributed by atoms with E-state index >= 15 is 0 Å². The zero-order valence-electron chi connectivity index (χ0n) is 2.78. The van der Waals surface area contributed by atoms with Gasteiger partial charge in [0.2, 0.25) is 0 Å². The number of hydrogen-bond donors (Lipinski definition) is 2. The first-order valence-electron chi connectivity index (χ1n) is 1.26. The number of nitrogens with two attached hydrogens (primary N) is 1. The highest BCUT2D eigenvalue weighted by molar-refractivity contribution is 6.04. The molecule has 0 unspecified atom stereocenters. The zero-order chi connectivity index (χ0) is 3.41. The Labute approximate surface area is 26.8 Å². The number of rotatable bonds is 1. The van der Waals surface area contributed by atoms with Gasteiger partial charge in [-0.25, -0.2) is 0 Å². The Bertz CT molecular complexity index is 8.00. The van der Waals surface area contributed by atoms with E-state index in [-0.39, 0.29) is 0 Å². The van der Waals surface area contributed by atoms with Crippen LogP contribution in [0.25, 0.3) is 0 Å². The summed E-state index contributed by atoms with van der Waals surface area (Å²) >= 11 is 0. The second kappa shape index (κ2) is 2.98. The maximum atomic E-state index is 4.92. The van der Waals surface area contributed by atoms with Crippen molar-refractivity contribution >= 4 is 7.98 Å². The average molecular weight is 57.9 g/mol. The summed E-state index contributed by atoms with van der Waals surface area (Å²) in [7, 11) is 1.81. The van der Waals surface area contributed by atoms with Crippen LogP contribution in [0.15, 0.2) is 0 Å². The molecule has 0 saturated heterocycles. The molecule has 0 amide bonds. The molecule has 3 heteroatoms. The van der Waals surface area contributed by atoms with Gasteiger partial charge in [-0.2, -0.15) is 0 Å². The van der Waals surface area contributed by atoms with Crippen LogP contribution in [0.3, 0.4) is 0 Å². The highest BCUT2D eigenvalue weighted by Crippen LogP contribution is 1.12. The van der Waals surface area contributed by atoms with Gasteiger partial charge in [0.05, 0.1) is 0 Å². The fraction of sp³-hybridized carbons (Fsp3) is 1.00. The van der Waals surface area contributed by atoms with E-state index in [1.54, 1.807) is 7.98 Å². The maximum absolute atomic E-state index is 4.92. The van der Waals surface area contributed by atoms with Crippen molar-refractivity contribution in [2.24, 2.45) is 5.73 Å². The predicted octanol–water partition coefficient (Wildman–Crippen LogP) is -1.96. The first-order valence-corrected chi connectivity index (χ1v) is 1.26. The van der Waals surface area contributed by atoms with Crippen LogP contribution in [0.2, 0.25) is 0 Å². The molecule has 0 aromatic carbocycles. The second-order valence-electron chi connectivity index (χ2n) is 0.558. The Balaban J connectivity index is 1.97. The Hall–Kier alpha value is -0.0151. The Morgan fingerprint density at radius 2 is 2.25 bits per heavy atom. The third-order valence-electron chi connectivity index (χ3n) is 0.204.